The molecule has 0 unspecified atom stereocenters. The van der Waals surface area contributed by atoms with E-state index >= 15 is 0 Å². The number of nitrogens with one attached hydrogen (secondary N) is 1. The van der Waals surface area contributed by atoms with Gasteiger partial charge in [-0.05, 0) is 41.5 Å². The summed E-state index contributed by atoms with van der Waals surface area (Å²) in [7, 11) is 0. The van der Waals surface area contributed by atoms with Crippen LogP contribution in [0.5, 0.6) is 5.75 Å². The molecule has 0 aliphatic carbocycles. The summed E-state index contributed by atoms with van der Waals surface area (Å²) in [4.78, 5) is 12.5. The van der Waals surface area contributed by atoms with E-state index in [1.807, 2.05) is 42.5 Å². The Morgan fingerprint density at radius 1 is 1.00 bits per heavy atom. The van der Waals surface area contributed by atoms with Crippen LogP contribution in [-0.2, 0) is 11.4 Å². The number of ether oxygens (including phenoxy) is 1. The Morgan fingerprint density at radius 2 is 1.69 bits per heavy atom. The van der Waals surface area contributed by atoms with Gasteiger partial charge in [0, 0.05) is 0 Å². The van der Waals surface area contributed by atoms with Gasteiger partial charge in [0.05, 0.1) is 15.7 Å². The Hall–Kier alpha value is -3.26. The third kappa shape index (κ3) is 5.61. The maximum absolute atomic E-state index is 12.5. The van der Waals surface area contributed by atoms with Crippen LogP contribution >= 0.6 is 23.2 Å². The number of nitriles is 1. The fraction of sp³-hybridized carbons (Fsp3) is 0.0435. The van der Waals surface area contributed by atoms with Gasteiger partial charge in [-0.15, -0.1) is 0 Å². The zero-order valence-corrected chi connectivity index (χ0v) is 16.7. The lowest BCUT2D eigenvalue weighted by atomic mass is 10.1. The smallest absolute Gasteiger partial charge is 0.266 e. The highest BCUT2D eigenvalue weighted by Gasteiger charge is 2.14. The molecule has 0 atom stereocenters. The molecule has 144 valence electrons. The number of carbonyl (C=O) groups is 1. The predicted octanol–water partition coefficient (Wildman–Crippen LogP) is 6.12. The Bertz CT molecular complexity index is 1070. The highest BCUT2D eigenvalue weighted by molar-refractivity contribution is 6.40. The monoisotopic (exact) mass is 422 g/mol. The average molecular weight is 423 g/mol. The van der Waals surface area contributed by atoms with E-state index in [1.54, 1.807) is 36.4 Å². The van der Waals surface area contributed by atoms with Crippen molar-refractivity contribution >= 4 is 40.9 Å². The molecule has 0 fully saturated rings. The molecule has 29 heavy (non-hydrogen) atoms. The lowest BCUT2D eigenvalue weighted by molar-refractivity contribution is -0.112. The van der Waals surface area contributed by atoms with Gasteiger partial charge in [0.2, 0.25) is 0 Å². The van der Waals surface area contributed by atoms with Crippen LogP contribution in [0.1, 0.15) is 11.1 Å². The highest BCUT2D eigenvalue weighted by atomic mass is 35.5. The molecule has 3 aromatic carbocycles. The number of hydrogen-bond donors (Lipinski definition) is 1. The summed E-state index contributed by atoms with van der Waals surface area (Å²) in [6, 6.07) is 23.7. The summed E-state index contributed by atoms with van der Waals surface area (Å²) < 4.78 is 5.79. The summed E-state index contributed by atoms with van der Waals surface area (Å²) in [6.07, 6.45) is 1.48. The van der Waals surface area contributed by atoms with Crippen molar-refractivity contribution in [3.63, 3.8) is 0 Å². The second-order valence-electron chi connectivity index (χ2n) is 6.07. The zero-order valence-electron chi connectivity index (χ0n) is 15.2. The van der Waals surface area contributed by atoms with Crippen LogP contribution in [-0.4, -0.2) is 5.91 Å². The Balaban J connectivity index is 1.75. The van der Waals surface area contributed by atoms with Crippen molar-refractivity contribution in [1.29, 1.82) is 5.26 Å². The van der Waals surface area contributed by atoms with Crippen molar-refractivity contribution in [2.75, 3.05) is 5.32 Å². The first kappa shape index (κ1) is 20.5. The van der Waals surface area contributed by atoms with E-state index in [4.69, 9.17) is 27.9 Å². The summed E-state index contributed by atoms with van der Waals surface area (Å²) in [6.45, 7) is 0.421. The predicted molar refractivity (Wildman–Crippen MR) is 116 cm³/mol. The minimum Gasteiger partial charge on any atom is -0.489 e. The molecule has 6 heteroatoms. The minimum atomic E-state index is -0.599. The molecular weight excluding hydrogens is 407 g/mol. The normalized spacial score (nSPS) is 10.9. The van der Waals surface area contributed by atoms with Gasteiger partial charge in [0.1, 0.15) is 24.0 Å². The van der Waals surface area contributed by atoms with E-state index in [1.165, 1.54) is 6.08 Å². The van der Waals surface area contributed by atoms with E-state index in [2.05, 4.69) is 5.32 Å². The molecule has 3 rings (SSSR count). The number of halogens is 2. The number of para-hydroxylation sites is 1. The summed E-state index contributed by atoms with van der Waals surface area (Å²) in [5.74, 6) is 0.0348. The molecule has 0 aliphatic rings. The number of amides is 1. The number of nitrogens with zero attached hydrogens (tertiary/aromatic N) is 1. The summed E-state index contributed by atoms with van der Waals surface area (Å²) in [5.41, 5.74) is 1.89. The molecule has 0 heterocycles. The number of anilines is 1. The van der Waals surface area contributed by atoms with E-state index in [9.17, 15) is 10.1 Å². The Kier molecular flexibility index (Phi) is 6.91. The number of rotatable bonds is 6. The van der Waals surface area contributed by atoms with Gasteiger partial charge in [-0.3, -0.25) is 4.79 Å². The van der Waals surface area contributed by atoms with Crippen molar-refractivity contribution in [3.8, 4) is 11.8 Å². The number of carbonyl (C=O) groups excluding carboxylic acids is 1. The van der Waals surface area contributed by atoms with Gasteiger partial charge in [-0.25, -0.2) is 0 Å². The summed E-state index contributed by atoms with van der Waals surface area (Å²) in [5, 5.41) is 12.6. The molecule has 1 N–H and O–H groups in total. The standard InChI is InChI=1S/C23H16Cl2N2O2/c24-20-10-5-11-21(25)22(20)27-23(28)18(14-26)12-17-8-4-9-19(13-17)29-15-16-6-2-1-3-7-16/h1-13H,15H2,(H,27,28)/b18-12+. The van der Waals surface area contributed by atoms with Crippen molar-refractivity contribution in [3.05, 3.63) is 99.5 Å². The third-order valence-corrected chi connectivity index (χ3v) is 4.61. The lowest BCUT2D eigenvalue weighted by Gasteiger charge is -2.09. The largest absolute Gasteiger partial charge is 0.489 e. The molecule has 0 aliphatic heterocycles. The van der Waals surface area contributed by atoms with Gasteiger partial charge >= 0.3 is 0 Å². The van der Waals surface area contributed by atoms with E-state index in [-0.39, 0.29) is 11.3 Å². The second kappa shape index (κ2) is 9.79. The molecule has 3 aromatic rings. The van der Waals surface area contributed by atoms with Crippen LogP contribution in [0.25, 0.3) is 6.08 Å². The maximum Gasteiger partial charge on any atom is 0.266 e. The van der Waals surface area contributed by atoms with E-state index < -0.39 is 5.91 Å². The second-order valence-corrected chi connectivity index (χ2v) is 6.88. The van der Waals surface area contributed by atoms with Gasteiger partial charge in [-0.1, -0.05) is 71.7 Å². The van der Waals surface area contributed by atoms with E-state index in [0.717, 1.165) is 5.56 Å². The first-order valence-corrected chi connectivity index (χ1v) is 9.46. The average Bonchev–Trinajstić information content (AvgIpc) is 2.74. The SMILES string of the molecule is N#C/C(=C\c1cccc(OCc2ccccc2)c1)C(=O)Nc1c(Cl)cccc1Cl. The maximum atomic E-state index is 12.5. The van der Waals surface area contributed by atoms with E-state index in [0.29, 0.717) is 28.0 Å². The molecule has 0 radical (unpaired) electrons. The molecule has 0 bridgehead atoms. The van der Waals surface area contributed by atoms with Gasteiger partial charge in [-0.2, -0.15) is 5.26 Å². The lowest BCUT2D eigenvalue weighted by Crippen LogP contribution is -2.14. The van der Waals surface area contributed by atoms with Crippen molar-refractivity contribution in [1.82, 2.24) is 0 Å². The number of hydrogen-bond acceptors (Lipinski definition) is 3. The van der Waals surface area contributed by atoms with Crippen LogP contribution in [0.15, 0.2) is 78.4 Å². The molecule has 0 spiro atoms. The Morgan fingerprint density at radius 3 is 2.38 bits per heavy atom. The van der Waals surface area contributed by atoms with Crippen molar-refractivity contribution < 1.29 is 9.53 Å². The highest BCUT2D eigenvalue weighted by Crippen LogP contribution is 2.30. The van der Waals surface area contributed by atoms with Crippen molar-refractivity contribution in [2.45, 2.75) is 6.61 Å². The molecule has 0 aromatic heterocycles. The van der Waals surface area contributed by atoms with Crippen LogP contribution in [0, 0.1) is 11.3 Å². The fourth-order valence-electron chi connectivity index (χ4n) is 2.55. The molecule has 4 nitrogen and oxygen atoms in total. The number of benzene rings is 3. The molecule has 0 saturated heterocycles. The summed E-state index contributed by atoms with van der Waals surface area (Å²) >= 11 is 12.1. The first-order chi connectivity index (χ1) is 14.1. The Labute approximate surface area is 179 Å². The molecular formula is C23H16Cl2N2O2. The van der Waals surface area contributed by atoms with Crippen LogP contribution < -0.4 is 10.1 Å². The molecule has 1 amide bonds. The van der Waals surface area contributed by atoms with Crippen LogP contribution in [0.3, 0.4) is 0 Å². The van der Waals surface area contributed by atoms with Crippen molar-refractivity contribution in [2.24, 2.45) is 0 Å². The van der Waals surface area contributed by atoms with Gasteiger partial charge in [0.15, 0.2) is 0 Å². The fourth-order valence-corrected chi connectivity index (χ4v) is 3.04. The van der Waals surface area contributed by atoms with Crippen LogP contribution in [0.4, 0.5) is 5.69 Å². The minimum absolute atomic E-state index is 0.0822. The topological polar surface area (TPSA) is 62.1 Å². The zero-order chi connectivity index (χ0) is 20.6. The quantitative estimate of drug-likeness (QED) is 0.384. The molecule has 0 saturated carbocycles. The third-order valence-electron chi connectivity index (χ3n) is 3.98. The van der Waals surface area contributed by atoms with Crippen LogP contribution in [0.2, 0.25) is 10.0 Å². The first-order valence-electron chi connectivity index (χ1n) is 8.71. The van der Waals surface area contributed by atoms with Gasteiger partial charge in [0.25, 0.3) is 5.91 Å². The van der Waals surface area contributed by atoms with Gasteiger partial charge < -0.3 is 10.1 Å².